The van der Waals surface area contributed by atoms with Gasteiger partial charge < -0.3 is 20.2 Å². The highest BCUT2D eigenvalue weighted by molar-refractivity contribution is 5.99. The van der Waals surface area contributed by atoms with Crippen LogP contribution >= 0.6 is 0 Å². The summed E-state index contributed by atoms with van der Waals surface area (Å²) in [5.74, 6) is 1.57. The Bertz CT molecular complexity index is 578. The van der Waals surface area contributed by atoms with E-state index in [0.717, 1.165) is 5.82 Å². The normalized spacial score (nSPS) is 11.5. The second-order valence-electron chi connectivity index (χ2n) is 4.03. The van der Waals surface area contributed by atoms with Crippen LogP contribution in [0.5, 0.6) is 5.75 Å². The minimum atomic E-state index is 0.0348. The van der Waals surface area contributed by atoms with Crippen molar-refractivity contribution in [2.45, 2.75) is 6.42 Å². The van der Waals surface area contributed by atoms with Gasteiger partial charge in [0.25, 0.3) is 0 Å². The molecule has 0 saturated carbocycles. The Labute approximate surface area is 111 Å². The second kappa shape index (κ2) is 5.90. The molecule has 0 atom stereocenters. The van der Waals surface area contributed by atoms with Crippen molar-refractivity contribution in [2.24, 2.45) is 17.9 Å². The van der Waals surface area contributed by atoms with Gasteiger partial charge in [-0.3, -0.25) is 0 Å². The van der Waals surface area contributed by atoms with Crippen LogP contribution in [0.2, 0.25) is 0 Å². The Balaban J connectivity index is 2.02. The van der Waals surface area contributed by atoms with Crippen LogP contribution in [0.15, 0.2) is 41.8 Å². The summed E-state index contributed by atoms with van der Waals surface area (Å²) in [4.78, 5) is 4.22. The monoisotopic (exact) mass is 260 g/mol. The van der Waals surface area contributed by atoms with E-state index in [1.165, 1.54) is 0 Å². The van der Waals surface area contributed by atoms with Crippen LogP contribution in [0, 0.1) is 0 Å². The van der Waals surface area contributed by atoms with E-state index in [1.54, 1.807) is 24.4 Å². The maximum atomic E-state index is 8.72. The van der Waals surface area contributed by atoms with Gasteiger partial charge in [-0.2, -0.15) is 0 Å². The SMILES string of the molecule is Cn1ccnc1CCOc1ccccc1/C(N)=N/O. The van der Waals surface area contributed by atoms with Crippen molar-refractivity contribution in [3.8, 4) is 5.75 Å². The lowest BCUT2D eigenvalue weighted by Gasteiger charge is -2.10. The van der Waals surface area contributed by atoms with Crippen molar-refractivity contribution in [1.29, 1.82) is 0 Å². The van der Waals surface area contributed by atoms with Gasteiger partial charge in [-0.25, -0.2) is 4.98 Å². The molecule has 0 aliphatic heterocycles. The molecule has 0 unspecified atom stereocenters. The first kappa shape index (κ1) is 12.9. The van der Waals surface area contributed by atoms with Gasteiger partial charge in [0.2, 0.25) is 0 Å². The fraction of sp³-hybridized carbons (Fsp3) is 0.231. The minimum absolute atomic E-state index is 0.0348. The summed E-state index contributed by atoms with van der Waals surface area (Å²) in [5.41, 5.74) is 6.16. The number of amidine groups is 1. The van der Waals surface area contributed by atoms with Crippen molar-refractivity contribution >= 4 is 5.84 Å². The van der Waals surface area contributed by atoms with Crippen LogP contribution in [-0.2, 0) is 13.5 Å². The Morgan fingerprint density at radius 3 is 2.95 bits per heavy atom. The van der Waals surface area contributed by atoms with Crippen molar-refractivity contribution in [3.05, 3.63) is 48.0 Å². The summed E-state index contributed by atoms with van der Waals surface area (Å²) in [6.07, 6.45) is 4.33. The smallest absolute Gasteiger partial charge is 0.173 e. The van der Waals surface area contributed by atoms with E-state index in [1.807, 2.05) is 23.9 Å². The van der Waals surface area contributed by atoms with E-state index >= 15 is 0 Å². The molecule has 0 saturated heterocycles. The maximum absolute atomic E-state index is 8.72. The molecule has 6 heteroatoms. The molecule has 3 N–H and O–H groups in total. The number of hydrogen-bond acceptors (Lipinski definition) is 4. The average molecular weight is 260 g/mol. The van der Waals surface area contributed by atoms with Crippen LogP contribution in [0.4, 0.5) is 0 Å². The van der Waals surface area contributed by atoms with Crippen LogP contribution in [0.25, 0.3) is 0 Å². The van der Waals surface area contributed by atoms with Gasteiger partial charge in [0.05, 0.1) is 12.2 Å². The van der Waals surface area contributed by atoms with Gasteiger partial charge in [0.15, 0.2) is 5.84 Å². The lowest BCUT2D eigenvalue weighted by Crippen LogP contribution is -2.15. The van der Waals surface area contributed by atoms with Crippen molar-refractivity contribution < 1.29 is 9.94 Å². The zero-order valence-electron chi connectivity index (χ0n) is 10.7. The van der Waals surface area contributed by atoms with E-state index < -0.39 is 0 Å². The number of nitrogens with two attached hydrogens (primary N) is 1. The van der Waals surface area contributed by atoms with E-state index in [2.05, 4.69) is 10.1 Å². The number of nitrogens with zero attached hydrogens (tertiary/aromatic N) is 3. The molecule has 1 aromatic carbocycles. The van der Waals surface area contributed by atoms with Gasteiger partial charge in [-0.15, -0.1) is 0 Å². The number of aromatic nitrogens is 2. The molecular weight excluding hydrogens is 244 g/mol. The molecule has 0 aliphatic rings. The number of aryl methyl sites for hydroxylation is 1. The lowest BCUT2D eigenvalue weighted by molar-refractivity contribution is 0.311. The molecular formula is C13H16N4O2. The molecule has 100 valence electrons. The Morgan fingerprint density at radius 1 is 1.47 bits per heavy atom. The first-order valence-electron chi connectivity index (χ1n) is 5.88. The first-order chi connectivity index (χ1) is 9.22. The Kier molecular flexibility index (Phi) is 4.02. The summed E-state index contributed by atoms with van der Waals surface area (Å²) in [7, 11) is 1.94. The molecule has 0 bridgehead atoms. The van der Waals surface area contributed by atoms with Crippen LogP contribution in [-0.4, -0.2) is 27.2 Å². The average Bonchev–Trinajstić information content (AvgIpc) is 2.84. The zero-order chi connectivity index (χ0) is 13.7. The van der Waals surface area contributed by atoms with Crippen LogP contribution in [0.1, 0.15) is 11.4 Å². The van der Waals surface area contributed by atoms with E-state index in [9.17, 15) is 0 Å². The molecule has 2 rings (SSSR count). The highest BCUT2D eigenvalue weighted by Gasteiger charge is 2.08. The molecule has 0 fully saturated rings. The third-order valence-electron chi connectivity index (χ3n) is 2.77. The molecule has 0 aliphatic carbocycles. The van der Waals surface area contributed by atoms with Gasteiger partial charge in [0.1, 0.15) is 11.6 Å². The number of para-hydroxylation sites is 1. The quantitative estimate of drug-likeness (QED) is 0.365. The van der Waals surface area contributed by atoms with Gasteiger partial charge >= 0.3 is 0 Å². The third-order valence-corrected chi connectivity index (χ3v) is 2.77. The van der Waals surface area contributed by atoms with E-state index in [-0.39, 0.29) is 5.84 Å². The number of imidazole rings is 1. The van der Waals surface area contributed by atoms with Gasteiger partial charge in [-0.05, 0) is 12.1 Å². The van der Waals surface area contributed by atoms with Gasteiger partial charge in [0, 0.05) is 25.9 Å². The Morgan fingerprint density at radius 2 is 2.26 bits per heavy atom. The molecule has 6 nitrogen and oxygen atoms in total. The lowest BCUT2D eigenvalue weighted by atomic mass is 10.2. The maximum Gasteiger partial charge on any atom is 0.173 e. The van der Waals surface area contributed by atoms with Crippen molar-refractivity contribution in [1.82, 2.24) is 9.55 Å². The van der Waals surface area contributed by atoms with E-state index in [4.69, 9.17) is 15.7 Å². The molecule has 1 heterocycles. The van der Waals surface area contributed by atoms with Crippen LogP contribution < -0.4 is 10.5 Å². The standard InChI is InChI=1S/C13H16N4O2/c1-17-8-7-15-12(17)6-9-19-11-5-3-2-4-10(11)13(14)16-18/h2-5,7-8,18H,6,9H2,1H3,(H2,14,16). The third kappa shape index (κ3) is 3.04. The summed E-state index contributed by atoms with van der Waals surface area (Å²) < 4.78 is 7.61. The minimum Gasteiger partial charge on any atom is -0.492 e. The fourth-order valence-corrected chi connectivity index (χ4v) is 1.75. The predicted octanol–water partition coefficient (Wildman–Crippen LogP) is 1.14. The fourth-order valence-electron chi connectivity index (χ4n) is 1.75. The topological polar surface area (TPSA) is 85.7 Å². The number of oxime groups is 1. The molecule has 2 aromatic rings. The van der Waals surface area contributed by atoms with Crippen LogP contribution in [0.3, 0.4) is 0 Å². The Hall–Kier alpha value is -2.50. The molecule has 0 radical (unpaired) electrons. The molecule has 1 aromatic heterocycles. The van der Waals surface area contributed by atoms with Crippen molar-refractivity contribution in [3.63, 3.8) is 0 Å². The summed E-state index contributed by atoms with van der Waals surface area (Å²) in [6, 6.07) is 7.17. The predicted molar refractivity (Wildman–Crippen MR) is 71.4 cm³/mol. The largest absolute Gasteiger partial charge is 0.492 e. The van der Waals surface area contributed by atoms with E-state index in [0.29, 0.717) is 24.3 Å². The molecule has 0 spiro atoms. The van der Waals surface area contributed by atoms with Crippen molar-refractivity contribution in [2.75, 3.05) is 6.61 Å². The highest BCUT2D eigenvalue weighted by atomic mass is 16.5. The summed E-state index contributed by atoms with van der Waals surface area (Å²) >= 11 is 0. The summed E-state index contributed by atoms with van der Waals surface area (Å²) in [6.45, 7) is 0.473. The second-order valence-corrected chi connectivity index (χ2v) is 4.03. The zero-order valence-corrected chi connectivity index (χ0v) is 10.7. The molecule has 0 amide bonds. The first-order valence-corrected chi connectivity index (χ1v) is 5.88. The number of ether oxygens (including phenoxy) is 1. The number of rotatable bonds is 5. The molecule has 19 heavy (non-hydrogen) atoms. The van der Waals surface area contributed by atoms with Gasteiger partial charge in [-0.1, -0.05) is 17.3 Å². The highest BCUT2D eigenvalue weighted by Crippen LogP contribution is 2.17. The number of benzene rings is 1. The number of hydrogen-bond donors (Lipinski definition) is 2. The summed E-state index contributed by atoms with van der Waals surface area (Å²) in [5, 5.41) is 11.7.